The molecule has 0 saturated carbocycles. The molecule has 2 aliphatic heterocycles. The summed E-state index contributed by atoms with van der Waals surface area (Å²) in [7, 11) is 2.25. The molecule has 1 unspecified atom stereocenters. The van der Waals surface area contributed by atoms with E-state index in [1.807, 2.05) is 0 Å². The van der Waals surface area contributed by atoms with Crippen LogP contribution in [0.5, 0.6) is 0 Å². The first-order valence-corrected chi connectivity index (χ1v) is 6.21. The van der Waals surface area contributed by atoms with Crippen LogP contribution in [-0.2, 0) is 4.74 Å². The quantitative estimate of drug-likeness (QED) is 0.700. The summed E-state index contributed by atoms with van der Waals surface area (Å²) in [6.45, 7) is 8.82. The van der Waals surface area contributed by atoms with Crippen LogP contribution in [0.3, 0.4) is 0 Å². The summed E-state index contributed by atoms with van der Waals surface area (Å²) in [5, 5.41) is 3.68. The fourth-order valence-electron chi connectivity index (χ4n) is 3.26. The van der Waals surface area contributed by atoms with Crippen LogP contribution in [0.25, 0.3) is 0 Å². The van der Waals surface area contributed by atoms with Crippen molar-refractivity contribution in [2.24, 2.45) is 11.8 Å². The molecule has 88 valence electrons. The maximum absolute atomic E-state index is 5.66. The zero-order valence-electron chi connectivity index (χ0n) is 10.2. The molecule has 15 heavy (non-hydrogen) atoms. The van der Waals surface area contributed by atoms with Crippen LogP contribution in [0.1, 0.15) is 20.3 Å². The molecule has 0 aromatic rings. The maximum atomic E-state index is 5.66. The third kappa shape index (κ3) is 2.35. The van der Waals surface area contributed by atoms with Crippen molar-refractivity contribution in [3.8, 4) is 0 Å². The number of nitrogens with zero attached hydrogens (tertiary/aromatic N) is 1. The Morgan fingerprint density at radius 1 is 1.40 bits per heavy atom. The lowest BCUT2D eigenvalue weighted by atomic mass is 9.83. The van der Waals surface area contributed by atoms with Gasteiger partial charge in [0.05, 0.1) is 6.61 Å². The Kier molecular flexibility index (Phi) is 3.65. The first-order valence-electron chi connectivity index (χ1n) is 6.21. The lowest BCUT2D eigenvalue weighted by Crippen LogP contribution is -2.50. The van der Waals surface area contributed by atoms with Gasteiger partial charge in [0.1, 0.15) is 0 Å². The van der Waals surface area contributed by atoms with Gasteiger partial charge in [-0.3, -0.25) is 0 Å². The third-order valence-corrected chi connectivity index (χ3v) is 3.90. The number of nitrogens with one attached hydrogen (secondary N) is 1. The van der Waals surface area contributed by atoms with Crippen molar-refractivity contribution in [2.75, 3.05) is 33.4 Å². The lowest BCUT2D eigenvalue weighted by Gasteiger charge is -2.40. The number of rotatable bonds is 1. The Balaban J connectivity index is 2.14. The van der Waals surface area contributed by atoms with Crippen molar-refractivity contribution in [2.45, 2.75) is 32.4 Å². The molecule has 0 radical (unpaired) electrons. The molecule has 0 aromatic carbocycles. The molecule has 2 heterocycles. The highest BCUT2D eigenvalue weighted by atomic mass is 16.5. The second-order valence-corrected chi connectivity index (χ2v) is 5.30. The van der Waals surface area contributed by atoms with E-state index in [1.165, 1.54) is 6.42 Å². The monoisotopic (exact) mass is 212 g/mol. The number of fused-ring (bicyclic) bond motifs is 1. The highest BCUT2D eigenvalue weighted by Gasteiger charge is 2.37. The van der Waals surface area contributed by atoms with Gasteiger partial charge >= 0.3 is 0 Å². The average Bonchev–Trinajstić information content (AvgIpc) is 2.35. The second-order valence-electron chi connectivity index (χ2n) is 5.30. The molecule has 3 heteroatoms. The van der Waals surface area contributed by atoms with Crippen molar-refractivity contribution in [3.05, 3.63) is 0 Å². The lowest BCUT2D eigenvalue weighted by molar-refractivity contribution is -0.00554. The maximum Gasteiger partial charge on any atom is 0.0524 e. The van der Waals surface area contributed by atoms with Crippen molar-refractivity contribution in [1.82, 2.24) is 10.2 Å². The Morgan fingerprint density at radius 2 is 2.20 bits per heavy atom. The van der Waals surface area contributed by atoms with Gasteiger partial charge in [0.25, 0.3) is 0 Å². The van der Waals surface area contributed by atoms with Gasteiger partial charge in [-0.05, 0) is 19.4 Å². The highest BCUT2D eigenvalue weighted by molar-refractivity contribution is 4.93. The van der Waals surface area contributed by atoms with Gasteiger partial charge < -0.3 is 15.0 Å². The molecule has 0 aliphatic carbocycles. The molecule has 3 atom stereocenters. The van der Waals surface area contributed by atoms with Crippen LogP contribution >= 0.6 is 0 Å². The summed E-state index contributed by atoms with van der Waals surface area (Å²) >= 11 is 0. The summed E-state index contributed by atoms with van der Waals surface area (Å²) in [5.74, 6) is 1.38. The minimum Gasteiger partial charge on any atom is -0.381 e. The van der Waals surface area contributed by atoms with E-state index in [0.717, 1.165) is 26.3 Å². The molecule has 2 saturated heterocycles. The minimum atomic E-state index is 0.672. The SMILES string of the molecule is CC(C)[C@H]1[C@@H]2COCCC2NCCN1C. The Morgan fingerprint density at radius 3 is 2.93 bits per heavy atom. The van der Waals surface area contributed by atoms with Crippen LogP contribution in [0.15, 0.2) is 0 Å². The number of ether oxygens (including phenoxy) is 1. The topological polar surface area (TPSA) is 24.5 Å². The fourth-order valence-corrected chi connectivity index (χ4v) is 3.26. The van der Waals surface area contributed by atoms with E-state index in [2.05, 4.69) is 31.1 Å². The van der Waals surface area contributed by atoms with Crippen LogP contribution in [-0.4, -0.2) is 50.3 Å². The summed E-state index contributed by atoms with van der Waals surface area (Å²) in [5.41, 5.74) is 0. The first kappa shape index (κ1) is 11.4. The van der Waals surface area contributed by atoms with Crippen molar-refractivity contribution in [3.63, 3.8) is 0 Å². The van der Waals surface area contributed by atoms with Gasteiger partial charge in [0, 0.05) is 37.7 Å². The molecule has 3 nitrogen and oxygen atoms in total. The Hall–Kier alpha value is -0.120. The van der Waals surface area contributed by atoms with Gasteiger partial charge in [-0.2, -0.15) is 0 Å². The summed E-state index contributed by atoms with van der Waals surface area (Å²) < 4.78 is 5.66. The summed E-state index contributed by atoms with van der Waals surface area (Å²) in [6, 6.07) is 1.35. The minimum absolute atomic E-state index is 0.672. The third-order valence-electron chi connectivity index (χ3n) is 3.90. The van der Waals surface area contributed by atoms with Gasteiger partial charge in [-0.1, -0.05) is 13.8 Å². The van der Waals surface area contributed by atoms with Crippen LogP contribution < -0.4 is 5.32 Å². The molecule has 0 amide bonds. The molecule has 2 fully saturated rings. The largest absolute Gasteiger partial charge is 0.381 e. The first-order chi connectivity index (χ1) is 7.20. The predicted molar refractivity (Wildman–Crippen MR) is 62.0 cm³/mol. The summed E-state index contributed by atoms with van der Waals surface area (Å²) in [4.78, 5) is 2.51. The molecule has 0 bridgehead atoms. The fraction of sp³-hybridized carbons (Fsp3) is 1.00. The molecule has 2 aliphatic rings. The van der Waals surface area contributed by atoms with E-state index < -0.39 is 0 Å². The number of hydrogen-bond donors (Lipinski definition) is 1. The van der Waals surface area contributed by atoms with E-state index in [4.69, 9.17) is 4.74 Å². The van der Waals surface area contributed by atoms with E-state index in [-0.39, 0.29) is 0 Å². The predicted octanol–water partition coefficient (Wildman–Crippen LogP) is 0.951. The van der Waals surface area contributed by atoms with Gasteiger partial charge in [-0.15, -0.1) is 0 Å². The zero-order chi connectivity index (χ0) is 10.8. The number of hydrogen-bond acceptors (Lipinski definition) is 3. The van der Waals surface area contributed by atoms with Crippen LogP contribution in [0.4, 0.5) is 0 Å². The van der Waals surface area contributed by atoms with Crippen LogP contribution in [0, 0.1) is 11.8 Å². The number of likely N-dealkylation sites (N-methyl/N-ethyl adjacent to an activating group) is 1. The van der Waals surface area contributed by atoms with E-state index in [0.29, 0.717) is 23.9 Å². The Bertz CT molecular complexity index is 208. The van der Waals surface area contributed by atoms with Gasteiger partial charge in [0.15, 0.2) is 0 Å². The second kappa shape index (κ2) is 4.81. The van der Waals surface area contributed by atoms with Gasteiger partial charge in [0.2, 0.25) is 0 Å². The molecule has 0 aromatic heterocycles. The zero-order valence-corrected chi connectivity index (χ0v) is 10.2. The average molecular weight is 212 g/mol. The van der Waals surface area contributed by atoms with Gasteiger partial charge in [-0.25, -0.2) is 0 Å². The van der Waals surface area contributed by atoms with Crippen molar-refractivity contribution in [1.29, 1.82) is 0 Å². The standard InChI is InChI=1S/C12H24N2O/c1-9(2)12-10-8-15-7-4-11(10)13-5-6-14(12)3/h9-13H,4-8H2,1-3H3/t10-,11?,12+/m1/s1. The van der Waals surface area contributed by atoms with Crippen molar-refractivity contribution < 1.29 is 4.74 Å². The van der Waals surface area contributed by atoms with E-state index >= 15 is 0 Å². The van der Waals surface area contributed by atoms with Crippen molar-refractivity contribution >= 4 is 0 Å². The summed E-state index contributed by atoms with van der Waals surface area (Å²) in [6.07, 6.45) is 1.18. The molecule has 1 N–H and O–H groups in total. The van der Waals surface area contributed by atoms with E-state index in [9.17, 15) is 0 Å². The highest BCUT2D eigenvalue weighted by Crippen LogP contribution is 2.27. The van der Waals surface area contributed by atoms with Crippen LogP contribution in [0.2, 0.25) is 0 Å². The molecule has 2 rings (SSSR count). The molecular weight excluding hydrogens is 188 g/mol. The molecule has 0 spiro atoms. The Labute approximate surface area is 93.2 Å². The normalized spacial score (nSPS) is 38.8. The smallest absolute Gasteiger partial charge is 0.0524 e. The van der Waals surface area contributed by atoms with E-state index in [1.54, 1.807) is 0 Å². The molecular formula is C12H24N2O.